The van der Waals surface area contributed by atoms with Crippen molar-refractivity contribution in [1.29, 1.82) is 0 Å². The summed E-state index contributed by atoms with van der Waals surface area (Å²) in [6.45, 7) is 12.9. The Morgan fingerprint density at radius 1 is 1.19 bits per heavy atom. The molecule has 4 rings (SSSR count). The molecular formula is C27H30Cl2N2S. The zero-order chi connectivity index (χ0) is 23.5. The normalized spacial score (nSPS) is 15.1. The fraction of sp³-hybridized carbons (Fsp3) is 0.222. The van der Waals surface area contributed by atoms with Crippen molar-refractivity contribution in [3.8, 4) is 0 Å². The number of rotatable bonds is 3. The Hall–Kier alpha value is -2.17. The Labute approximate surface area is 206 Å². The van der Waals surface area contributed by atoms with Gasteiger partial charge >= 0.3 is 0 Å². The molecule has 3 heterocycles. The minimum absolute atomic E-state index is 0.462. The van der Waals surface area contributed by atoms with Gasteiger partial charge in [0, 0.05) is 35.1 Å². The van der Waals surface area contributed by atoms with Gasteiger partial charge in [0.05, 0.1) is 10.0 Å². The molecule has 32 heavy (non-hydrogen) atoms. The van der Waals surface area contributed by atoms with Gasteiger partial charge in [-0.25, -0.2) is 0 Å². The lowest BCUT2D eigenvalue weighted by atomic mass is 9.86. The van der Waals surface area contributed by atoms with Crippen LogP contribution in [0.15, 0.2) is 85.1 Å². The Morgan fingerprint density at radius 3 is 2.50 bits per heavy atom. The first-order chi connectivity index (χ1) is 15.3. The highest BCUT2D eigenvalue weighted by molar-refractivity contribution is 7.16. The van der Waals surface area contributed by atoms with Crippen LogP contribution in [-0.2, 0) is 6.54 Å². The third-order valence-corrected chi connectivity index (χ3v) is 6.01. The molecule has 1 atom stereocenters. The van der Waals surface area contributed by atoms with Gasteiger partial charge in [-0.2, -0.15) is 0 Å². The summed E-state index contributed by atoms with van der Waals surface area (Å²) in [7, 11) is 2.18. The standard InChI is InChI=1S/C15H16ClNS.C9H9N.C3H5Cl/c1-10-5-3-4-6-11(10)13-8-17(2)9-14-12(13)7-15(16)18-14;1-2-3-6-9-7-4-5-8-10-9;1-3(2)4/h3-7,13H,8-9H2,1-2H3;2-8H,1H2;1H2,2H3/b;6-3+;. The number of aromatic nitrogens is 1. The quantitative estimate of drug-likeness (QED) is 0.347. The van der Waals surface area contributed by atoms with Crippen LogP contribution in [0, 0.1) is 6.92 Å². The largest absolute Gasteiger partial charge is 0.300 e. The molecule has 0 N–H and O–H groups in total. The van der Waals surface area contributed by atoms with Gasteiger partial charge < -0.3 is 4.90 Å². The Balaban J connectivity index is 0.000000219. The SMILES string of the molecule is C=C(C)Cl.C=C/C=C/c1ccccn1.Cc1ccccc1C1CN(C)Cc2sc(Cl)cc21. The molecule has 0 aliphatic carbocycles. The molecule has 1 aliphatic heterocycles. The molecule has 2 nitrogen and oxygen atoms in total. The summed E-state index contributed by atoms with van der Waals surface area (Å²) < 4.78 is 0.911. The molecule has 1 aliphatic rings. The van der Waals surface area contributed by atoms with E-state index in [2.05, 4.69) is 67.3 Å². The van der Waals surface area contributed by atoms with Crippen molar-refractivity contribution in [2.45, 2.75) is 26.3 Å². The van der Waals surface area contributed by atoms with Gasteiger partial charge in [0.25, 0.3) is 0 Å². The maximum atomic E-state index is 6.19. The molecule has 1 unspecified atom stereocenters. The first kappa shape index (κ1) is 26.1. The topological polar surface area (TPSA) is 16.1 Å². The smallest absolute Gasteiger partial charge is 0.0934 e. The minimum Gasteiger partial charge on any atom is -0.300 e. The summed E-state index contributed by atoms with van der Waals surface area (Å²) in [6, 6.07) is 16.6. The fourth-order valence-electron chi connectivity index (χ4n) is 3.43. The molecule has 5 heteroatoms. The lowest BCUT2D eigenvalue weighted by molar-refractivity contribution is 0.299. The number of pyridine rings is 1. The van der Waals surface area contributed by atoms with E-state index in [0.717, 1.165) is 23.1 Å². The van der Waals surface area contributed by atoms with Crippen molar-refractivity contribution < 1.29 is 0 Å². The molecule has 0 fully saturated rings. The summed E-state index contributed by atoms with van der Waals surface area (Å²) in [5.74, 6) is 0.462. The number of halogens is 2. The molecule has 1 aromatic carbocycles. The zero-order valence-corrected chi connectivity index (χ0v) is 21.2. The summed E-state index contributed by atoms with van der Waals surface area (Å²) in [5.41, 5.74) is 5.19. The number of allylic oxidation sites excluding steroid dienone is 3. The minimum atomic E-state index is 0.462. The summed E-state index contributed by atoms with van der Waals surface area (Å²) >= 11 is 13.0. The van der Waals surface area contributed by atoms with Crippen LogP contribution in [0.4, 0.5) is 0 Å². The van der Waals surface area contributed by atoms with E-state index < -0.39 is 0 Å². The number of likely N-dealkylation sites (N-methyl/N-ethyl adjacent to an activating group) is 1. The van der Waals surface area contributed by atoms with Crippen molar-refractivity contribution in [3.63, 3.8) is 0 Å². The number of hydrogen-bond donors (Lipinski definition) is 0. The average Bonchev–Trinajstić information content (AvgIpc) is 3.13. The van der Waals surface area contributed by atoms with Crippen LogP contribution in [0.1, 0.15) is 40.1 Å². The monoisotopic (exact) mass is 484 g/mol. The van der Waals surface area contributed by atoms with E-state index >= 15 is 0 Å². The number of aryl methyl sites for hydroxylation is 1. The van der Waals surface area contributed by atoms with Gasteiger partial charge in [-0.05, 0) is 61.9 Å². The first-order valence-electron chi connectivity index (χ1n) is 10.3. The van der Waals surface area contributed by atoms with Crippen molar-refractivity contribution in [2.75, 3.05) is 13.6 Å². The number of benzene rings is 1. The van der Waals surface area contributed by atoms with Crippen LogP contribution < -0.4 is 0 Å². The van der Waals surface area contributed by atoms with Crippen LogP contribution in [0.3, 0.4) is 0 Å². The summed E-state index contributed by atoms with van der Waals surface area (Å²) in [4.78, 5) is 7.88. The number of nitrogens with zero attached hydrogens (tertiary/aromatic N) is 2. The van der Waals surface area contributed by atoms with Gasteiger partial charge in [-0.3, -0.25) is 4.98 Å². The van der Waals surface area contributed by atoms with E-state index in [4.69, 9.17) is 23.2 Å². The van der Waals surface area contributed by atoms with Crippen molar-refractivity contribution >= 4 is 40.6 Å². The van der Waals surface area contributed by atoms with Crippen molar-refractivity contribution in [1.82, 2.24) is 9.88 Å². The Kier molecular flexibility index (Phi) is 10.9. The number of hydrogen-bond acceptors (Lipinski definition) is 3. The highest BCUT2D eigenvalue weighted by Crippen LogP contribution is 2.40. The Bertz CT molecular complexity index is 1040. The molecule has 2 aromatic heterocycles. The van der Waals surface area contributed by atoms with Crippen molar-refractivity contribution in [2.24, 2.45) is 0 Å². The third kappa shape index (κ3) is 8.40. The highest BCUT2D eigenvalue weighted by atomic mass is 35.5. The lowest BCUT2D eigenvalue weighted by Gasteiger charge is -2.31. The molecule has 168 valence electrons. The van der Waals surface area contributed by atoms with Gasteiger partial charge in [-0.1, -0.05) is 78.8 Å². The predicted molar refractivity (Wildman–Crippen MR) is 143 cm³/mol. The molecule has 3 aromatic rings. The lowest BCUT2D eigenvalue weighted by Crippen LogP contribution is -2.30. The number of thiophene rings is 1. The van der Waals surface area contributed by atoms with Gasteiger partial charge in [-0.15, -0.1) is 11.3 Å². The molecule has 0 saturated carbocycles. The molecule has 0 spiro atoms. The van der Waals surface area contributed by atoms with Gasteiger partial charge in [0.15, 0.2) is 0 Å². The van der Waals surface area contributed by atoms with Crippen molar-refractivity contribution in [3.05, 3.63) is 117 Å². The molecule has 0 radical (unpaired) electrons. The maximum Gasteiger partial charge on any atom is 0.0934 e. The molecule has 0 saturated heterocycles. The summed E-state index contributed by atoms with van der Waals surface area (Å²) in [6.07, 6.45) is 7.27. The molecular weight excluding hydrogens is 455 g/mol. The van der Waals surface area contributed by atoms with Crippen LogP contribution in [0.25, 0.3) is 6.08 Å². The van der Waals surface area contributed by atoms with E-state index in [9.17, 15) is 0 Å². The van der Waals surface area contributed by atoms with Crippen LogP contribution in [0.5, 0.6) is 0 Å². The summed E-state index contributed by atoms with van der Waals surface area (Å²) in [5, 5.41) is 0.639. The predicted octanol–water partition coefficient (Wildman–Crippen LogP) is 8.33. The van der Waals surface area contributed by atoms with Crippen LogP contribution >= 0.6 is 34.5 Å². The van der Waals surface area contributed by atoms with E-state index in [1.807, 2.05) is 30.4 Å². The number of fused-ring (bicyclic) bond motifs is 1. The van der Waals surface area contributed by atoms with Gasteiger partial charge in [0.2, 0.25) is 0 Å². The zero-order valence-electron chi connectivity index (χ0n) is 18.9. The van der Waals surface area contributed by atoms with Crippen LogP contribution in [0.2, 0.25) is 4.34 Å². The second kappa shape index (κ2) is 13.4. The Morgan fingerprint density at radius 2 is 1.88 bits per heavy atom. The highest BCUT2D eigenvalue weighted by Gasteiger charge is 2.27. The van der Waals surface area contributed by atoms with E-state index in [-0.39, 0.29) is 0 Å². The molecule has 0 bridgehead atoms. The van der Waals surface area contributed by atoms with E-state index in [1.165, 1.54) is 21.6 Å². The van der Waals surface area contributed by atoms with Crippen LogP contribution in [-0.4, -0.2) is 23.5 Å². The maximum absolute atomic E-state index is 6.19. The fourth-order valence-corrected chi connectivity index (χ4v) is 4.85. The first-order valence-corrected chi connectivity index (χ1v) is 11.9. The van der Waals surface area contributed by atoms with Gasteiger partial charge in [0.1, 0.15) is 0 Å². The second-order valence-electron chi connectivity index (χ2n) is 7.56. The second-order valence-corrected chi connectivity index (χ2v) is 9.97. The molecule has 0 amide bonds. The average molecular weight is 486 g/mol. The third-order valence-electron chi connectivity index (χ3n) is 4.75. The van der Waals surface area contributed by atoms with E-state index in [0.29, 0.717) is 11.0 Å². The van der Waals surface area contributed by atoms with E-state index in [1.54, 1.807) is 30.5 Å².